The maximum atomic E-state index is 10.9. The second-order valence-corrected chi connectivity index (χ2v) is 4.58. The van der Waals surface area contributed by atoms with Crippen molar-refractivity contribution in [2.75, 3.05) is 11.1 Å². The van der Waals surface area contributed by atoms with E-state index in [2.05, 4.69) is 24.4 Å². The number of carboxylic acid groups (broad SMARTS) is 1. The van der Waals surface area contributed by atoms with E-state index in [0.717, 1.165) is 12.1 Å². The predicted octanol–water partition coefficient (Wildman–Crippen LogP) is 3.14. The third-order valence-electron chi connectivity index (χ3n) is 3.27. The minimum atomic E-state index is -0.973. The van der Waals surface area contributed by atoms with Crippen LogP contribution in [0.1, 0.15) is 28.4 Å². The number of rotatable bonds is 5. The van der Waals surface area contributed by atoms with Gasteiger partial charge in [-0.05, 0) is 35.7 Å². The van der Waals surface area contributed by atoms with Crippen LogP contribution in [0.2, 0.25) is 0 Å². The van der Waals surface area contributed by atoms with Crippen LogP contribution in [0.15, 0.2) is 42.5 Å². The summed E-state index contributed by atoms with van der Waals surface area (Å²) in [5, 5.41) is 12.2. The fourth-order valence-electron chi connectivity index (χ4n) is 2.12. The lowest BCUT2D eigenvalue weighted by Gasteiger charge is -2.12. The van der Waals surface area contributed by atoms with Crippen molar-refractivity contribution in [2.24, 2.45) is 0 Å². The Morgan fingerprint density at radius 1 is 1.20 bits per heavy atom. The number of carbonyl (C=O) groups is 1. The molecule has 0 spiro atoms. The first-order chi connectivity index (χ1) is 9.61. The van der Waals surface area contributed by atoms with Crippen molar-refractivity contribution in [3.63, 3.8) is 0 Å². The molecule has 0 aliphatic rings. The molecule has 0 aliphatic heterocycles. The number of aromatic carboxylic acids is 1. The first-order valence-corrected chi connectivity index (χ1v) is 6.55. The molecule has 4 N–H and O–H groups in total. The van der Waals surface area contributed by atoms with Gasteiger partial charge in [-0.2, -0.15) is 0 Å². The van der Waals surface area contributed by atoms with Crippen molar-refractivity contribution in [3.05, 3.63) is 59.2 Å². The molecule has 0 saturated carbocycles. The van der Waals surface area contributed by atoms with Crippen LogP contribution in [0.25, 0.3) is 0 Å². The Bertz CT molecular complexity index is 624. The molecule has 4 nitrogen and oxygen atoms in total. The summed E-state index contributed by atoms with van der Waals surface area (Å²) >= 11 is 0. The zero-order chi connectivity index (χ0) is 14.5. The van der Waals surface area contributed by atoms with Gasteiger partial charge in [-0.15, -0.1) is 0 Å². The molecule has 0 aliphatic carbocycles. The van der Waals surface area contributed by atoms with E-state index >= 15 is 0 Å². The number of nitrogen functional groups attached to an aromatic ring is 1. The number of carboxylic acids is 1. The maximum absolute atomic E-state index is 10.9. The molecule has 0 aromatic heterocycles. The van der Waals surface area contributed by atoms with Gasteiger partial charge in [0.05, 0.1) is 16.9 Å². The van der Waals surface area contributed by atoms with Crippen LogP contribution in [-0.4, -0.2) is 11.1 Å². The fourth-order valence-corrected chi connectivity index (χ4v) is 2.12. The first-order valence-electron chi connectivity index (χ1n) is 6.55. The molecule has 0 bridgehead atoms. The Balaban J connectivity index is 2.13. The highest BCUT2D eigenvalue weighted by Crippen LogP contribution is 2.21. The number of hydrogen-bond acceptors (Lipinski definition) is 3. The molecule has 4 heteroatoms. The van der Waals surface area contributed by atoms with Gasteiger partial charge in [0.2, 0.25) is 0 Å². The second kappa shape index (κ2) is 6.10. The molecular formula is C16H18N2O2. The Hall–Kier alpha value is -2.49. The van der Waals surface area contributed by atoms with E-state index in [1.165, 1.54) is 17.2 Å². The fraction of sp³-hybridized carbons (Fsp3) is 0.188. The third kappa shape index (κ3) is 3.09. The Kier molecular flexibility index (Phi) is 4.25. The lowest BCUT2D eigenvalue weighted by Crippen LogP contribution is -2.06. The average Bonchev–Trinajstić information content (AvgIpc) is 2.46. The highest BCUT2D eigenvalue weighted by Gasteiger charge is 2.06. The molecule has 0 fully saturated rings. The normalized spacial score (nSPS) is 10.2. The zero-order valence-electron chi connectivity index (χ0n) is 11.4. The van der Waals surface area contributed by atoms with Gasteiger partial charge in [-0.25, -0.2) is 4.79 Å². The van der Waals surface area contributed by atoms with Crippen LogP contribution in [0.3, 0.4) is 0 Å². The summed E-state index contributed by atoms with van der Waals surface area (Å²) in [5.41, 5.74) is 9.77. The minimum absolute atomic E-state index is 0.196. The van der Waals surface area contributed by atoms with Crippen molar-refractivity contribution in [1.29, 1.82) is 0 Å². The lowest BCUT2D eigenvalue weighted by atomic mass is 10.1. The molecule has 2 aromatic rings. The number of aryl methyl sites for hydroxylation is 1. The number of nitrogens with one attached hydrogen (secondary N) is 1. The monoisotopic (exact) mass is 270 g/mol. The van der Waals surface area contributed by atoms with Crippen molar-refractivity contribution < 1.29 is 9.90 Å². The zero-order valence-corrected chi connectivity index (χ0v) is 11.4. The van der Waals surface area contributed by atoms with Gasteiger partial charge in [-0.3, -0.25) is 0 Å². The van der Waals surface area contributed by atoms with E-state index in [1.54, 1.807) is 12.1 Å². The summed E-state index contributed by atoms with van der Waals surface area (Å²) in [7, 11) is 0. The van der Waals surface area contributed by atoms with Crippen molar-refractivity contribution >= 4 is 17.3 Å². The summed E-state index contributed by atoms with van der Waals surface area (Å²) in [6, 6.07) is 12.9. The number of benzene rings is 2. The van der Waals surface area contributed by atoms with Crippen molar-refractivity contribution in [3.8, 4) is 0 Å². The quantitative estimate of drug-likeness (QED) is 0.730. The van der Waals surface area contributed by atoms with Gasteiger partial charge in [0.25, 0.3) is 0 Å². The van der Waals surface area contributed by atoms with Crippen LogP contribution in [0, 0.1) is 0 Å². The summed E-state index contributed by atoms with van der Waals surface area (Å²) in [6.45, 7) is 2.79. The first kappa shape index (κ1) is 13.9. The predicted molar refractivity (Wildman–Crippen MR) is 81.0 cm³/mol. The highest BCUT2D eigenvalue weighted by molar-refractivity contribution is 5.90. The van der Waals surface area contributed by atoms with E-state index in [1.807, 2.05) is 12.1 Å². The lowest BCUT2D eigenvalue weighted by molar-refractivity contribution is 0.0697. The number of hydrogen-bond donors (Lipinski definition) is 3. The van der Waals surface area contributed by atoms with Crippen LogP contribution < -0.4 is 11.1 Å². The Morgan fingerprint density at radius 3 is 2.50 bits per heavy atom. The molecule has 0 unspecified atom stereocenters. The summed E-state index contributed by atoms with van der Waals surface area (Å²) < 4.78 is 0. The summed E-state index contributed by atoms with van der Waals surface area (Å²) in [5.74, 6) is -0.973. The molecule has 104 valence electrons. The van der Waals surface area contributed by atoms with Crippen LogP contribution >= 0.6 is 0 Å². The summed E-state index contributed by atoms with van der Waals surface area (Å²) in [6.07, 6.45) is 0.977. The average molecular weight is 270 g/mol. The molecule has 2 rings (SSSR count). The van der Waals surface area contributed by atoms with E-state index in [-0.39, 0.29) is 5.56 Å². The van der Waals surface area contributed by atoms with E-state index in [9.17, 15) is 4.79 Å². The van der Waals surface area contributed by atoms with E-state index < -0.39 is 5.97 Å². The number of nitrogens with two attached hydrogens (primary N) is 1. The van der Waals surface area contributed by atoms with Crippen LogP contribution in [0.5, 0.6) is 0 Å². The minimum Gasteiger partial charge on any atom is -0.478 e. The van der Waals surface area contributed by atoms with E-state index in [0.29, 0.717) is 12.2 Å². The molecule has 0 atom stereocenters. The molecule has 2 aromatic carbocycles. The van der Waals surface area contributed by atoms with Crippen LogP contribution in [-0.2, 0) is 13.0 Å². The Labute approximate surface area is 118 Å². The molecular weight excluding hydrogens is 252 g/mol. The maximum Gasteiger partial charge on any atom is 0.335 e. The van der Waals surface area contributed by atoms with E-state index in [4.69, 9.17) is 10.8 Å². The van der Waals surface area contributed by atoms with Crippen molar-refractivity contribution in [2.45, 2.75) is 19.9 Å². The Morgan fingerprint density at radius 2 is 1.90 bits per heavy atom. The molecule has 0 radical (unpaired) electrons. The van der Waals surface area contributed by atoms with Gasteiger partial charge >= 0.3 is 5.97 Å². The molecule has 0 heterocycles. The highest BCUT2D eigenvalue weighted by atomic mass is 16.4. The van der Waals surface area contributed by atoms with Gasteiger partial charge in [0.15, 0.2) is 0 Å². The largest absolute Gasteiger partial charge is 0.478 e. The molecule has 0 saturated heterocycles. The van der Waals surface area contributed by atoms with Gasteiger partial charge < -0.3 is 16.2 Å². The topological polar surface area (TPSA) is 75.3 Å². The third-order valence-corrected chi connectivity index (χ3v) is 3.27. The van der Waals surface area contributed by atoms with Gasteiger partial charge in [0.1, 0.15) is 0 Å². The van der Waals surface area contributed by atoms with Gasteiger partial charge in [-0.1, -0.05) is 31.2 Å². The second-order valence-electron chi connectivity index (χ2n) is 4.58. The van der Waals surface area contributed by atoms with Crippen molar-refractivity contribution in [1.82, 2.24) is 0 Å². The smallest absolute Gasteiger partial charge is 0.335 e. The van der Waals surface area contributed by atoms with Gasteiger partial charge in [0, 0.05) is 6.54 Å². The molecule has 0 amide bonds. The standard InChI is InChI=1S/C16H18N2O2/c1-2-11-5-3-4-6-13(11)10-18-15-8-7-12(16(19)20)9-14(15)17/h3-9,18H,2,10,17H2,1H3,(H,19,20). The summed E-state index contributed by atoms with van der Waals surface area (Å²) in [4.78, 5) is 10.9. The SMILES string of the molecule is CCc1ccccc1CNc1ccc(C(=O)O)cc1N. The number of anilines is 2. The molecule has 20 heavy (non-hydrogen) atoms. The van der Waals surface area contributed by atoms with Crippen LogP contribution in [0.4, 0.5) is 11.4 Å².